The van der Waals surface area contributed by atoms with E-state index in [0.717, 1.165) is 38.5 Å². The average Bonchev–Trinajstić information content (AvgIpc) is 3.07. The largest absolute Gasteiger partial charge is 0.462 e. The molecule has 1 heterocycles. The Labute approximate surface area is 304 Å². The molecule has 0 aliphatic carbocycles. The van der Waals surface area contributed by atoms with Crippen LogP contribution in [-0.2, 0) is 28.5 Å². The van der Waals surface area contributed by atoms with Crippen molar-refractivity contribution in [3.63, 3.8) is 0 Å². The normalized spacial score (nSPS) is 21.7. The molecule has 11 heteroatoms. The summed E-state index contributed by atoms with van der Waals surface area (Å²) in [7, 11) is 0. The first kappa shape index (κ1) is 45.5. The molecule has 10 nitrogen and oxygen atoms in total. The maximum atomic E-state index is 12.6. The van der Waals surface area contributed by atoms with Crippen molar-refractivity contribution in [1.29, 1.82) is 0 Å². The lowest BCUT2D eigenvalue weighted by atomic mass is 10.0. The van der Waals surface area contributed by atoms with E-state index in [-0.39, 0.29) is 32.0 Å². The number of hydrogen-bond acceptors (Lipinski definition) is 10. The molecule has 1 saturated heterocycles. The predicted molar refractivity (Wildman–Crippen MR) is 196 cm³/mol. The summed E-state index contributed by atoms with van der Waals surface area (Å²) in [6.07, 6.45) is 18.7. The van der Waals surface area contributed by atoms with Crippen LogP contribution in [0.25, 0.3) is 0 Å². The maximum absolute atomic E-state index is 12.6. The maximum Gasteiger partial charge on any atom is 0.306 e. The summed E-state index contributed by atoms with van der Waals surface area (Å²) >= 11 is 2.42. The van der Waals surface area contributed by atoms with Crippen LogP contribution in [0.1, 0.15) is 167 Å². The van der Waals surface area contributed by atoms with Gasteiger partial charge in [-0.1, -0.05) is 158 Å². The number of halogens is 1. The highest BCUT2D eigenvalue weighted by atomic mass is 127. The molecule has 0 amide bonds. The third-order valence-corrected chi connectivity index (χ3v) is 9.73. The van der Waals surface area contributed by atoms with Crippen molar-refractivity contribution in [2.75, 3.05) is 17.6 Å². The molecule has 1 fully saturated rings. The lowest BCUT2D eigenvalue weighted by Gasteiger charge is -2.38. The Kier molecular flexibility index (Phi) is 29.5. The Balaban J connectivity index is 2.33. The molecule has 0 radical (unpaired) electrons. The summed E-state index contributed by atoms with van der Waals surface area (Å²) in [6, 6.07) is 0. The summed E-state index contributed by atoms with van der Waals surface area (Å²) < 4.78 is 22.8. The minimum Gasteiger partial charge on any atom is -0.462 e. The molecule has 0 aromatic heterocycles. The van der Waals surface area contributed by atoms with Crippen LogP contribution < -0.4 is 0 Å². The first-order valence-corrected chi connectivity index (χ1v) is 20.7. The molecular weight excluding hydrogens is 731 g/mol. The van der Waals surface area contributed by atoms with Gasteiger partial charge in [0, 0.05) is 12.8 Å². The summed E-state index contributed by atoms with van der Waals surface area (Å²) in [5, 5.41) is 39.6. The number of ether oxygens (including phenoxy) is 4. The second-order valence-corrected chi connectivity index (χ2v) is 14.5. The summed E-state index contributed by atoms with van der Waals surface area (Å²) in [6.45, 7) is 1.72. The zero-order valence-electron chi connectivity index (χ0n) is 29.9. The lowest BCUT2D eigenvalue weighted by molar-refractivity contribution is -0.342. The number of aliphatic hydroxyl groups is 4. The van der Waals surface area contributed by atoms with Gasteiger partial charge in [0.2, 0.25) is 0 Å². The van der Waals surface area contributed by atoms with Crippen molar-refractivity contribution < 1.29 is 49.0 Å². The first-order chi connectivity index (χ1) is 23.3. The number of esters is 2. The van der Waals surface area contributed by atoms with E-state index >= 15 is 0 Å². The van der Waals surface area contributed by atoms with Gasteiger partial charge in [0.15, 0.2) is 18.7 Å². The minimum atomic E-state index is -1.76. The van der Waals surface area contributed by atoms with Crippen LogP contribution in [0.3, 0.4) is 0 Å². The fourth-order valence-corrected chi connectivity index (χ4v) is 6.39. The average molecular weight is 801 g/mol. The van der Waals surface area contributed by atoms with E-state index in [2.05, 4.69) is 29.5 Å². The van der Waals surface area contributed by atoms with Gasteiger partial charge in [0.1, 0.15) is 24.9 Å². The molecule has 6 atom stereocenters. The van der Waals surface area contributed by atoms with Gasteiger partial charge in [0.05, 0.1) is 6.61 Å². The highest BCUT2D eigenvalue weighted by Crippen LogP contribution is 2.21. The van der Waals surface area contributed by atoms with Gasteiger partial charge < -0.3 is 39.4 Å². The number of carbonyl (C=O) groups excluding carboxylic acids is 2. The molecule has 1 aliphatic rings. The van der Waals surface area contributed by atoms with Crippen molar-refractivity contribution in [1.82, 2.24) is 0 Å². The van der Waals surface area contributed by atoms with Crippen molar-refractivity contribution in [3.8, 4) is 0 Å². The van der Waals surface area contributed by atoms with Crippen LogP contribution in [-0.4, -0.2) is 87.0 Å². The van der Waals surface area contributed by atoms with Gasteiger partial charge in [-0.2, -0.15) is 0 Å². The summed E-state index contributed by atoms with van der Waals surface area (Å²) in [5.41, 5.74) is 0. The Bertz CT molecular complexity index is 772. The standard InChI is InChI=1S/C37H69IO10/c1-2-3-4-5-6-7-8-9-10-13-16-19-22-25-31(39)45-28-30(29-46-37-35(43)33(41)34(42)36(44)48-37)47-32(40)26-23-20-17-14-11-12-15-18-21-24-27-38/h30,33-37,41-44H,2-29H2,1H3. The molecule has 6 unspecified atom stereocenters. The molecule has 1 aliphatic heterocycles. The first-order valence-electron chi connectivity index (χ1n) is 19.2. The monoisotopic (exact) mass is 800 g/mol. The number of rotatable bonds is 32. The lowest BCUT2D eigenvalue weighted by Crippen LogP contribution is -2.58. The smallest absolute Gasteiger partial charge is 0.306 e. The highest BCUT2D eigenvalue weighted by Gasteiger charge is 2.44. The molecule has 0 aromatic rings. The van der Waals surface area contributed by atoms with Gasteiger partial charge in [-0.05, 0) is 23.7 Å². The van der Waals surface area contributed by atoms with E-state index in [0.29, 0.717) is 6.42 Å². The van der Waals surface area contributed by atoms with Crippen LogP contribution >= 0.6 is 22.6 Å². The topological polar surface area (TPSA) is 152 Å². The number of hydrogen-bond donors (Lipinski definition) is 4. The molecule has 1 rings (SSSR count). The van der Waals surface area contributed by atoms with Gasteiger partial charge >= 0.3 is 11.9 Å². The molecule has 0 bridgehead atoms. The Morgan fingerprint density at radius 1 is 0.583 bits per heavy atom. The van der Waals surface area contributed by atoms with Crippen LogP contribution in [0.4, 0.5) is 0 Å². The van der Waals surface area contributed by atoms with Gasteiger partial charge in [-0.3, -0.25) is 9.59 Å². The molecule has 0 aromatic carbocycles. The van der Waals surface area contributed by atoms with Crippen molar-refractivity contribution in [3.05, 3.63) is 0 Å². The number of carbonyl (C=O) groups is 2. The second kappa shape index (κ2) is 31.2. The molecule has 4 N–H and O–H groups in total. The van der Waals surface area contributed by atoms with Gasteiger partial charge in [0.25, 0.3) is 0 Å². The fourth-order valence-electron chi connectivity index (χ4n) is 5.85. The van der Waals surface area contributed by atoms with E-state index in [1.807, 2.05) is 0 Å². The van der Waals surface area contributed by atoms with Gasteiger partial charge in [-0.25, -0.2) is 0 Å². The van der Waals surface area contributed by atoms with Crippen molar-refractivity contribution in [2.45, 2.75) is 204 Å². The Morgan fingerprint density at radius 3 is 1.50 bits per heavy atom. The van der Waals surface area contributed by atoms with Crippen LogP contribution in [0.15, 0.2) is 0 Å². The van der Waals surface area contributed by atoms with Crippen LogP contribution in [0, 0.1) is 0 Å². The zero-order valence-corrected chi connectivity index (χ0v) is 32.0. The number of alkyl halides is 1. The van der Waals surface area contributed by atoms with Crippen molar-refractivity contribution >= 4 is 34.5 Å². The van der Waals surface area contributed by atoms with E-state index in [1.165, 1.54) is 107 Å². The molecule has 0 spiro atoms. The van der Waals surface area contributed by atoms with Crippen LogP contribution in [0.2, 0.25) is 0 Å². The molecule has 0 saturated carbocycles. The molecule has 48 heavy (non-hydrogen) atoms. The SMILES string of the molecule is CCCCCCCCCCCCCCCC(=O)OCC(COC1OC(O)C(O)C(O)C1O)OC(=O)CCCCCCCCCCCCI. The Morgan fingerprint density at radius 2 is 1.02 bits per heavy atom. The second-order valence-electron chi connectivity index (χ2n) is 13.5. The van der Waals surface area contributed by atoms with Crippen LogP contribution in [0.5, 0.6) is 0 Å². The predicted octanol–water partition coefficient (Wildman–Crippen LogP) is 7.42. The molecule has 284 valence electrons. The summed E-state index contributed by atoms with van der Waals surface area (Å²) in [4.78, 5) is 25.1. The zero-order chi connectivity index (χ0) is 35.2. The van der Waals surface area contributed by atoms with Crippen molar-refractivity contribution in [2.24, 2.45) is 0 Å². The Hall–Kier alpha value is -0.570. The minimum absolute atomic E-state index is 0.225. The third-order valence-electron chi connectivity index (χ3n) is 8.97. The van der Waals surface area contributed by atoms with E-state index in [1.54, 1.807) is 0 Å². The molecular formula is C37H69IO10. The fraction of sp³-hybridized carbons (Fsp3) is 0.946. The van der Waals surface area contributed by atoms with Gasteiger partial charge in [-0.15, -0.1) is 0 Å². The summed E-state index contributed by atoms with van der Waals surface area (Å²) in [5.74, 6) is -0.820. The van der Waals surface area contributed by atoms with E-state index in [9.17, 15) is 30.0 Å². The highest BCUT2D eigenvalue weighted by molar-refractivity contribution is 14.1. The number of aliphatic hydroxyl groups excluding tert-OH is 4. The third kappa shape index (κ3) is 23.8. The number of unbranched alkanes of at least 4 members (excludes halogenated alkanes) is 21. The quantitative estimate of drug-likeness (QED) is 0.0234. The van der Waals surface area contributed by atoms with E-state index < -0.39 is 43.0 Å². The van der Waals surface area contributed by atoms with E-state index in [4.69, 9.17) is 18.9 Å².